The predicted octanol–water partition coefficient (Wildman–Crippen LogP) is 2.73. The van der Waals surface area contributed by atoms with E-state index in [9.17, 15) is 4.79 Å². The maximum atomic E-state index is 11.0. The van der Waals surface area contributed by atoms with Crippen LogP contribution in [0, 0.1) is 11.3 Å². The fourth-order valence-electron chi connectivity index (χ4n) is 3.01. The highest BCUT2D eigenvalue weighted by Gasteiger charge is 2.63. The van der Waals surface area contributed by atoms with Gasteiger partial charge in [-0.2, -0.15) is 0 Å². The number of ether oxygens (including phenoxy) is 1. The molecule has 0 aromatic carbocycles. The molecule has 1 saturated heterocycles. The number of carbonyl (C=O) groups is 1. The van der Waals surface area contributed by atoms with Crippen molar-refractivity contribution in [3.63, 3.8) is 0 Å². The molecule has 1 aliphatic heterocycles. The third kappa shape index (κ3) is 1.76. The van der Waals surface area contributed by atoms with Crippen molar-refractivity contribution >= 4 is 5.78 Å². The zero-order valence-electron chi connectivity index (χ0n) is 10.0. The highest BCUT2D eigenvalue weighted by atomic mass is 16.6. The first-order valence-electron chi connectivity index (χ1n) is 5.73. The summed E-state index contributed by atoms with van der Waals surface area (Å²) in [7, 11) is 0. The van der Waals surface area contributed by atoms with Gasteiger partial charge in [-0.3, -0.25) is 4.79 Å². The molecule has 3 atom stereocenters. The number of fused-ring (bicyclic) bond motifs is 1. The molecule has 2 fully saturated rings. The Bertz CT molecular complexity index is 312. The standard InChI is InChI=1S/C13H20O2/c1-9(14)5-6-10-12(2,3)8-7-11-13(10,4)15-11/h5-6,10-11H,7-8H2,1-4H3/b6-5+/t10-,11?,13+/m1/s1. The summed E-state index contributed by atoms with van der Waals surface area (Å²) in [6.07, 6.45) is 6.52. The molecule has 0 aromatic heterocycles. The maximum absolute atomic E-state index is 11.0. The van der Waals surface area contributed by atoms with Crippen LogP contribution >= 0.6 is 0 Å². The van der Waals surface area contributed by atoms with Crippen molar-refractivity contribution < 1.29 is 9.53 Å². The van der Waals surface area contributed by atoms with Gasteiger partial charge in [0.1, 0.15) is 0 Å². The minimum Gasteiger partial charge on any atom is -0.366 e. The molecule has 84 valence electrons. The molecule has 0 N–H and O–H groups in total. The van der Waals surface area contributed by atoms with Crippen molar-refractivity contribution in [2.75, 3.05) is 0 Å². The van der Waals surface area contributed by atoms with Gasteiger partial charge >= 0.3 is 0 Å². The number of ketones is 1. The monoisotopic (exact) mass is 208 g/mol. The Balaban J connectivity index is 2.21. The van der Waals surface area contributed by atoms with Crippen LogP contribution in [-0.4, -0.2) is 17.5 Å². The summed E-state index contributed by atoms with van der Waals surface area (Å²) in [6.45, 7) is 8.31. The number of hydrogen-bond donors (Lipinski definition) is 0. The van der Waals surface area contributed by atoms with Crippen LogP contribution in [0.15, 0.2) is 12.2 Å². The topological polar surface area (TPSA) is 29.6 Å². The predicted molar refractivity (Wildman–Crippen MR) is 59.6 cm³/mol. The second-order valence-corrected chi connectivity index (χ2v) is 5.77. The Morgan fingerprint density at radius 1 is 1.40 bits per heavy atom. The van der Waals surface area contributed by atoms with Crippen molar-refractivity contribution in [2.24, 2.45) is 11.3 Å². The lowest BCUT2D eigenvalue weighted by atomic mass is 9.64. The van der Waals surface area contributed by atoms with Gasteiger partial charge in [-0.1, -0.05) is 19.9 Å². The van der Waals surface area contributed by atoms with Gasteiger partial charge < -0.3 is 4.74 Å². The molecule has 2 rings (SSSR count). The zero-order chi connectivity index (χ0) is 11.3. The third-order valence-electron chi connectivity index (χ3n) is 4.01. The van der Waals surface area contributed by atoms with Crippen molar-refractivity contribution in [3.8, 4) is 0 Å². The summed E-state index contributed by atoms with van der Waals surface area (Å²) in [4.78, 5) is 11.0. The van der Waals surface area contributed by atoms with Gasteiger partial charge in [0.2, 0.25) is 0 Å². The van der Waals surface area contributed by atoms with E-state index in [0.717, 1.165) is 6.42 Å². The summed E-state index contributed by atoms with van der Waals surface area (Å²) >= 11 is 0. The van der Waals surface area contributed by atoms with E-state index in [-0.39, 0.29) is 16.8 Å². The average molecular weight is 208 g/mol. The quantitative estimate of drug-likeness (QED) is 0.516. The highest BCUT2D eigenvalue weighted by Crippen LogP contribution is 2.58. The van der Waals surface area contributed by atoms with Crippen LogP contribution in [0.5, 0.6) is 0 Å². The molecule has 0 amide bonds. The molecule has 1 heterocycles. The molecule has 0 radical (unpaired) electrons. The number of hydrogen-bond acceptors (Lipinski definition) is 2. The summed E-state index contributed by atoms with van der Waals surface area (Å²) in [5.41, 5.74) is 0.237. The largest absolute Gasteiger partial charge is 0.366 e. The minimum atomic E-state index is -0.00625. The highest BCUT2D eigenvalue weighted by molar-refractivity contribution is 5.87. The van der Waals surface area contributed by atoms with Crippen LogP contribution in [0.2, 0.25) is 0 Å². The second kappa shape index (κ2) is 3.18. The van der Waals surface area contributed by atoms with Crippen molar-refractivity contribution in [3.05, 3.63) is 12.2 Å². The Kier molecular flexibility index (Phi) is 2.30. The van der Waals surface area contributed by atoms with Gasteiger partial charge in [-0.05, 0) is 38.2 Å². The van der Waals surface area contributed by atoms with Crippen LogP contribution in [0.25, 0.3) is 0 Å². The molecule has 1 saturated carbocycles. The third-order valence-corrected chi connectivity index (χ3v) is 4.01. The Hall–Kier alpha value is -0.630. The van der Waals surface area contributed by atoms with E-state index >= 15 is 0 Å². The smallest absolute Gasteiger partial charge is 0.152 e. The first-order valence-corrected chi connectivity index (χ1v) is 5.73. The van der Waals surface area contributed by atoms with E-state index in [2.05, 4.69) is 26.8 Å². The zero-order valence-corrected chi connectivity index (χ0v) is 10.0. The Morgan fingerprint density at radius 3 is 2.67 bits per heavy atom. The van der Waals surface area contributed by atoms with E-state index in [4.69, 9.17) is 4.74 Å². The van der Waals surface area contributed by atoms with Gasteiger partial charge in [-0.15, -0.1) is 0 Å². The lowest BCUT2D eigenvalue weighted by molar-refractivity contribution is -0.112. The Labute approximate surface area is 91.7 Å². The van der Waals surface area contributed by atoms with Crippen LogP contribution in [0.1, 0.15) is 40.5 Å². The first kappa shape index (κ1) is 10.9. The summed E-state index contributed by atoms with van der Waals surface area (Å²) in [5.74, 6) is 0.491. The molecule has 15 heavy (non-hydrogen) atoms. The second-order valence-electron chi connectivity index (χ2n) is 5.77. The summed E-state index contributed by atoms with van der Waals surface area (Å²) in [6, 6.07) is 0. The first-order chi connectivity index (χ1) is 6.86. The maximum Gasteiger partial charge on any atom is 0.152 e. The van der Waals surface area contributed by atoms with Crippen molar-refractivity contribution in [1.82, 2.24) is 0 Å². The van der Waals surface area contributed by atoms with Gasteiger partial charge in [0.15, 0.2) is 5.78 Å². The molecule has 2 heteroatoms. The van der Waals surface area contributed by atoms with E-state index < -0.39 is 0 Å². The number of epoxide rings is 1. The molecule has 0 bridgehead atoms. The fraction of sp³-hybridized carbons (Fsp3) is 0.769. The average Bonchev–Trinajstić information content (AvgIpc) is 2.74. The molecule has 1 unspecified atom stereocenters. The summed E-state index contributed by atoms with van der Waals surface area (Å²) in [5, 5.41) is 0. The van der Waals surface area contributed by atoms with Gasteiger partial charge in [-0.25, -0.2) is 0 Å². The van der Waals surface area contributed by atoms with Crippen molar-refractivity contribution in [1.29, 1.82) is 0 Å². The van der Waals surface area contributed by atoms with Gasteiger partial charge in [0.25, 0.3) is 0 Å². The number of allylic oxidation sites excluding steroid dienone is 1. The van der Waals surface area contributed by atoms with E-state index in [1.165, 1.54) is 6.42 Å². The van der Waals surface area contributed by atoms with Crippen molar-refractivity contribution in [2.45, 2.75) is 52.2 Å². The van der Waals surface area contributed by atoms with E-state index in [1.807, 2.05) is 0 Å². The molecule has 1 aliphatic carbocycles. The molecule has 2 aliphatic rings. The van der Waals surface area contributed by atoms with Crippen LogP contribution < -0.4 is 0 Å². The molecule has 2 nitrogen and oxygen atoms in total. The van der Waals surface area contributed by atoms with Gasteiger partial charge in [0.05, 0.1) is 11.7 Å². The molecular formula is C13H20O2. The lowest BCUT2D eigenvalue weighted by Gasteiger charge is -2.38. The van der Waals surface area contributed by atoms with E-state index in [0.29, 0.717) is 12.0 Å². The Morgan fingerprint density at radius 2 is 2.07 bits per heavy atom. The lowest BCUT2D eigenvalue weighted by Crippen LogP contribution is -2.39. The number of carbonyl (C=O) groups excluding carboxylic acids is 1. The SMILES string of the molecule is CC(=O)/C=C/[C@@H]1C(C)(C)CCC2O[C@]21C. The molecular weight excluding hydrogens is 188 g/mol. The fourth-order valence-corrected chi connectivity index (χ4v) is 3.01. The molecule has 0 aromatic rings. The van der Waals surface area contributed by atoms with E-state index in [1.54, 1.807) is 13.0 Å². The molecule has 0 spiro atoms. The minimum absolute atomic E-state index is 0.00625. The van der Waals surface area contributed by atoms with Gasteiger partial charge in [0, 0.05) is 5.92 Å². The van der Waals surface area contributed by atoms with Crippen LogP contribution in [0.4, 0.5) is 0 Å². The van der Waals surface area contributed by atoms with Crippen LogP contribution in [-0.2, 0) is 9.53 Å². The normalized spacial score (nSPS) is 42.7. The number of rotatable bonds is 2. The summed E-state index contributed by atoms with van der Waals surface area (Å²) < 4.78 is 5.78. The van der Waals surface area contributed by atoms with Crippen LogP contribution in [0.3, 0.4) is 0 Å².